The molecule has 1 aromatic heterocycles. The predicted octanol–water partition coefficient (Wildman–Crippen LogP) is 3.18. The number of hydrogen-bond donors (Lipinski definition) is 2. The van der Waals surface area contributed by atoms with Crippen LogP contribution < -0.4 is 10.6 Å². The average molecular weight is 407 g/mol. The summed E-state index contributed by atoms with van der Waals surface area (Å²) in [7, 11) is 5.21. The van der Waals surface area contributed by atoms with Gasteiger partial charge in [0.05, 0.1) is 5.69 Å². The number of rotatable bonds is 8. The molecule has 0 aliphatic carbocycles. The monoisotopic (exact) mass is 406 g/mol. The van der Waals surface area contributed by atoms with Crippen molar-refractivity contribution < 1.29 is 9.59 Å². The van der Waals surface area contributed by atoms with Gasteiger partial charge in [-0.25, -0.2) is 4.98 Å². The van der Waals surface area contributed by atoms with Crippen LogP contribution in [-0.4, -0.2) is 38.9 Å². The van der Waals surface area contributed by atoms with E-state index in [0.29, 0.717) is 24.5 Å². The summed E-state index contributed by atoms with van der Waals surface area (Å²) in [5, 5.41) is 5.83. The Morgan fingerprint density at radius 2 is 1.96 bits per heavy atom. The predicted molar refractivity (Wildman–Crippen MR) is 113 cm³/mol. The van der Waals surface area contributed by atoms with Crippen molar-refractivity contribution in [3.63, 3.8) is 0 Å². The fraction of sp³-hybridized carbons (Fsp3) is 0.421. The maximum Gasteiger partial charge on any atom is 0.287 e. The van der Waals surface area contributed by atoms with Crippen molar-refractivity contribution in [2.45, 2.75) is 32.1 Å². The lowest BCUT2D eigenvalue weighted by atomic mass is 10.1. The molecule has 2 aromatic rings. The number of hydrogen-bond acceptors (Lipinski definition) is 5. The molecule has 0 fully saturated rings. The second-order valence-electron chi connectivity index (χ2n) is 6.89. The van der Waals surface area contributed by atoms with Gasteiger partial charge in [0.15, 0.2) is 5.82 Å². The van der Waals surface area contributed by atoms with Crippen LogP contribution in [0.25, 0.3) is 0 Å². The number of carbonyl (C=O) groups excluding carboxylic acids is 2. The average Bonchev–Trinajstić information content (AvgIpc) is 2.96. The third-order valence-electron chi connectivity index (χ3n) is 3.83. The van der Waals surface area contributed by atoms with Crippen LogP contribution in [0.15, 0.2) is 30.5 Å². The smallest absolute Gasteiger partial charge is 0.287 e. The molecule has 0 saturated heterocycles. The molecule has 1 heterocycles. The van der Waals surface area contributed by atoms with Crippen molar-refractivity contribution in [1.29, 1.82) is 0 Å². The number of benzene rings is 1. The molecule has 0 radical (unpaired) electrons. The van der Waals surface area contributed by atoms with Gasteiger partial charge in [-0.2, -0.15) is 0 Å². The van der Waals surface area contributed by atoms with Crippen LogP contribution in [-0.2, 0) is 13.6 Å². The summed E-state index contributed by atoms with van der Waals surface area (Å²) in [5.74, 6) is 0.0175. The van der Waals surface area contributed by atoms with E-state index in [1.165, 1.54) is 0 Å². The van der Waals surface area contributed by atoms with Gasteiger partial charge in [0.1, 0.15) is 0 Å². The molecule has 0 aliphatic heterocycles. The van der Waals surface area contributed by atoms with Crippen LogP contribution >= 0.6 is 21.6 Å². The number of aromatic nitrogens is 2. The summed E-state index contributed by atoms with van der Waals surface area (Å²) in [4.78, 5) is 28.9. The third-order valence-corrected chi connectivity index (χ3v) is 6.44. The summed E-state index contributed by atoms with van der Waals surface area (Å²) >= 11 is 0. The first-order valence-electron chi connectivity index (χ1n) is 8.59. The minimum atomic E-state index is -0.240. The van der Waals surface area contributed by atoms with Gasteiger partial charge in [-0.15, -0.1) is 0 Å². The summed E-state index contributed by atoms with van der Waals surface area (Å²) in [6.45, 7) is 6.95. The fourth-order valence-electron chi connectivity index (χ4n) is 2.56. The van der Waals surface area contributed by atoms with Gasteiger partial charge in [-0.1, -0.05) is 33.7 Å². The molecule has 0 unspecified atom stereocenters. The quantitative estimate of drug-likeness (QED) is 0.659. The molecule has 2 N–H and O–H groups in total. The Morgan fingerprint density at radius 3 is 2.59 bits per heavy atom. The number of carbonyl (C=O) groups is 2. The lowest BCUT2D eigenvalue weighted by Gasteiger charge is -2.22. The first-order valence-corrected chi connectivity index (χ1v) is 11.1. The normalized spacial score (nSPS) is 11.3. The first-order chi connectivity index (χ1) is 12.7. The Balaban J connectivity index is 1.95. The maximum atomic E-state index is 12.4. The van der Waals surface area contributed by atoms with Gasteiger partial charge in [0.2, 0.25) is 0 Å². The molecule has 6 nitrogen and oxygen atoms in total. The standard InChI is InChI=1S/C19H26N4O2S2/c1-13-11-23(4)16(22-13)18(25)20-10-14-7-6-8-15(9-14)17(24)21-12-19(2,3)27-26-5/h6-9,11H,10,12H2,1-5H3,(H,20,25)(H,21,24). The van der Waals surface area contributed by atoms with E-state index in [-0.39, 0.29) is 16.6 Å². The van der Waals surface area contributed by atoms with Crippen LogP contribution in [0.4, 0.5) is 0 Å². The zero-order valence-corrected chi connectivity index (χ0v) is 18.0. The number of nitrogens with one attached hydrogen (secondary N) is 2. The summed E-state index contributed by atoms with van der Waals surface area (Å²) in [5.41, 5.74) is 2.24. The Morgan fingerprint density at radius 1 is 1.22 bits per heavy atom. The Labute approximate surface area is 168 Å². The van der Waals surface area contributed by atoms with E-state index in [4.69, 9.17) is 0 Å². The maximum absolute atomic E-state index is 12.4. The molecule has 0 spiro atoms. The van der Waals surface area contributed by atoms with Crippen LogP contribution in [0.3, 0.4) is 0 Å². The van der Waals surface area contributed by atoms with E-state index in [2.05, 4.69) is 29.5 Å². The van der Waals surface area contributed by atoms with E-state index in [1.54, 1.807) is 51.5 Å². The van der Waals surface area contributed by atoms with Crippen molar-refractivity contribution >= 4 is 33.4 Å². The van der Waals surface area contributed by atoms with Crippen molar-refractivity contribution in [3.05, 3.63) is 53.1 Å². The lowest BCUT2D eigenvalue weighted by molar-refractivity contribution is 0.0935. The van der Waals surface area contributed by atoms with Gasteiger partial charge in [0, 0.05) is 36.6 Å². The molecule has 146 valence electrons. The van der Waals surface area contributed by atoms with E-state index in [9.17, 15) is 9.59 Å². The van der Waals surface area contributed by atoms with Crippen LogP contribution in [0.5, 0.6) is 0 Å². The van der Waals surface area contributed by atoms with Gasteiger partial charge in [0.25, 0.3) is 11.8 Å². The highest BCUT2D eigenvalue weighted by Gasteiger charge is 2.20. The molecule has 1 aromatic carbocycles. The second kappa shape index (κ2) is 9.32. The SMILES string of the molecule is CSSC(C)(C)CNC(=O)c1cccc(CNC(=O)c2nc(C)cn2C)c1. The molecule has 8 heteroatoms. The minimum Gasteiger partial charge on any atom is -0.351 e. The molecular weight excluding hydrogens is 380 g/mol. The zero-order chi connectivity index (χ0) is 20.0. The summed E-state index contributed by atoms with van der Waals surface area (Å²) in [6.07, 6.45) is 3.83. The van der Waals surface area contributed by atoms with Crippen molar-refractivity contribution in [3.8, 4) is 0 Å². The molecule has 2 rings (SSSR count). The molecule has 0 bridgehead atoms. The van der Waals surface area contributed by atoms with Crippen LogP contribution in [0, 0.1) is 6.92 Å². The van der Waals surface area contributed by atoms with Gasteiger partial charge in [-0.05, 0) is 44.7 Å². The minimum absolute atomic E-state index is 0.0408. The Kier molecular flexibility index (Phi) is 7.38. The number of aryl methyl sites for hydroxylation is 2. The topological polar surface area (TPSA) is 76.0 Å². The van der Waals surface area contributed by atoms with Crippen molar-refractivity contribution in [2.75, 3.05) is 12.8 Å². The lowest BCUT2D eigenvalue weighted by Crippen LogP contribution is -2.35. The Bertz CT molecular complexity index is 818. The zero-order valence-electron chi connectivity index (χ0n) is 16.3. The highest BCUT2D eigenvalue weighted by molar-refractivity contribution is 8.76. The van der Waals surface area contributed by atoms with E-state index < -0.39 is 0 Å². The fourth-order valence-corrected chi connectivity index (χ4v) is 4.67. The van der Waals surface area contributed by atoms with Crippen LogP contribution in [0.1, 0.15) is 46.1 Å². The van der Waals surface area contributed by atoms with Crippen molar-refractivity contribution in [1.82, 2.24) is 20.2 Å². The van der Waals surface area contributed by atoms with Crippen LogP contribution in [0.2, 0.25) is 0 Å². The van der Waals surface area contributed by atoms with E-state index in [1.807, 2.05) is 25.3 Å². The second-order valence-corrected chi connectivity index (χ2v) is 10.00. The van der Waals surface area contributed by atoms with Crippen molar-refractivity contribution in [2.24, 2.45) is 7.05 Å². The van der Waals surface area contributed by atoms with Gasteiger partial charge in [-0.3, -0.25) is 9.59 Å². The molecule has 0 atom stereocenters. The van der Waals surface area contributed by atoms with E-state index in [0.717, 1.165) is 11.3 Å². The largest absolute Gasteiger partial charge is 0.351 e. The van der Waals surface area contributed by atoms with Gasteiger partial charge >= 0.3 is 0 Å². The third kappa shape index (κ3) is 6.32. The first kappa shape index (κ1) is 21.4. The molecular formula is C19H26N4O2S2. The molecule has 0 aliphatic rings. The Hall–Kier alpha value is -1.93. The molecule has 0 saturated carbocycles. The summed E-state index contributed by atoms with van der Waals surface area (Å²) in [6, 6.07) is 7.28. The van der Waals surface area contributed by atoms with Gasteiger partial charge < -0.3 is 15.2 Å². The number of imidazole rings is 1. The highest BCUT2D eigenvalue weighted by Crippen LogP contribution is 2.32. The molecule has 27 heavy (non-hydrogen) atoms. The number of amides is 2. The number of nitrogens with zero attached hydrogens (tertiary/aromatic N) is 2. The summed E-state index contributed by atoms with van der Waals surface area (Å²) < 4.78 is 1.66. The molecule has 2 amide bonds. The van der Waals surface area contributed by atoms with E-state index >= 15 is 0 Å². The highest BCUT2D eigenvalue weighted by atomic mass is 33.1.